The third-order valence-corrected chi connectivity index (χ3v) is 2.96. The molecule has 2 rings (SSSR count). The summed E-state index contributed by atoms with van der Waals surface area (Å²) in [5.41, 5.74) is -0.683. The second-order valence-electron chi connectivity index (χ2n) is 3.64. The predicted molar refractivity (Wildman–Crippen MR) is 64.1 cm³/mol. The molecule has 1 heterocycles. The molecule has 8 heteroatoms. The van der Waals surface area contributed by atoms with E-state index in [1.807, 2.05) is 0 Å². The van der Waals surface area contributed by atoms with Crippen LogP contribution in [0.15, 0.2) is 18.2 Å². The fraction of sp³-hybridized carbons (Fsp3) is 0.182. The maximum absolute atomic E-state index is 12.5. The Morgan fingerprint density at radius 3 is 2.63 bits per heavy atom. The van der Waals surface area contributed by atoms with E-state index in [0.29, 0.717) is 11.0 Å². The predicted octanol–water partition coefficient (Wildman–Crippen LogP) is 3.48. The lowest BCUT2D eigenvalue weighted by atomic mass is 10.1. The van der Waals surface area contributed by atoms with Gasteiger partial charge in [0, 0.05) is 11.5 Å². The summed E-state index contributed by atoms with van der Waals surface area (Å²) in [7, 11) is 0. The third kappa shape index (κ3) is 3.00. The molecule has 0 spiro atoms. The van der Waals surface area contributed by atoms with Crippen molar-refractivity contribution in [2.24, 2.45) is 0 Å². The summed E-state index contributed by atoms with van der Waals surface area (Å²) in [5, 5.41) is 12.1. The number of aryl methyl sites for hydroxylation is 1. The third-order valence-electron chi connectivity index (χ3n) is 2.24. The average Bonchev–Trinajstić information content (AvgIpc) is 2.74. The van der Waals surface area contributed by atoms with Gasteiger partial charge >= 0.3 is 6.18 Å². The number of halogens is 3. The van der Waals surface area contributed by atoms with Crippen LogP contribution in [0.25, 0.3) is 0 Å². The molecule has 0 radical (unpaired) electrons. The van der Waals surface area contributed by atoms with Crippen LogP contribution < -0.4 is 5.32 Å². The fourth-order valence-electron chi connectivity index (χ4n) is 1.39. The van der Waals surface area contributed by atoms with E-state index in [-0.39, 0.29) is 11.3 Å². The smallest absolute Gasteiger partial charge is 0.329 e. The SMILES string of the molecule is Cc1nsc(Nc2ccc(C(F)(F)F)cc2C#N)n1. The van der Waals surface area contributed by atoms with Gasteiger partial charge in [-0.3, -0.25) is 0 Å². The van der Waals surface area contributed by atoms with Gasteiger partial charge in [0.05, 0.1) is 16.8 Å². The number of benzene rings is 1. The van der Waals surface area contributed by atoms with Crippen molar-refractivity contribution in [3.05, 3.63) is 35.2 Å². The van der Waals surface area contributed by atoms with Crippen LogP contribution in [-0.2, 0) is 6.18 Å². The lowest BCUT2D eigenvalue weighted by molar-refractivity contribution is -0.137. The van der Waals surface area contributed by atoms with Crippen LogP contribution in [0.1, 0.15) is 17.0 Å². The first kappa shape index (κ1) is 13.3. The van der Waals surface area contributed by atoms with Crippen LogP contribution in [0.2, 0.25) is 0 Å². The van der Waals surface area contributed by atoms with E-state index in [2.05, 4.69) is 14.7 Å². The molecule has 0 aliphatic rings. The van der Waals surface area contributed by atoms with Crippen molar-refractivity contribution in [3.63, 3.8) is 0 Å². The Morgan fingerprint density at radius 2 is 2.11 bits per heavy atom. The number of nitrogens with zero attached hydrogens (tertiary/aromatic N) is 3. The van der Waals surface area contributed by atoms with Crippen molar-refractivity contribution < 1.29 is 13.2 Å². The molecule has 0 saturated heterocycles. The Kier molecular flexibility index (Phi) is 3.40. The highest BCUT2D eigenvalue weighted by molar-refractivity contribution is 7.09. The van der Waals surface area contributed by atoms with E-state index >= 15 is 0 Å². The number of nitriles is 1. The number of anilines is 2. The molecular formula is C11H7F3N4S. The molecule has 0 unspecified atom stereocenters. The normalized spacial score (nSPS) is 11.1. The summed E-state index contributed by atoms with van der Waals surface area (Å²) in [4.78, 5) is 4.02. The maximum atomic E-state index is 12.5. The van der Waals surface area contributed by atoms with E-state index in [1.54, 1.807) is 13.0 Å². The summed E-state index contributed by atoms with van der Waals surface area (Å²) in [6.45, 7) is 1.69. The molecule has 4 nitrogen and oxygen atoms in total. The molecule has 2 aromatic rings. The summed E-state index contributed by atoms with van der Waals surface area (Å²) in [5.74, 6) is 0.554. The average molecular weight is 284 g/mol. The lowest BCUT2D eigenvalue weighted by Crippen LogP contribution is -2.06. The van der Waals surface area contributed by atoms with Gasteiger partial charge in [-0.05, 0) is 25.1 Å². The van der Waals surface area contributed by atoms with Gasteiger partial charge in [-0.1, -0.05) is 0 Å². The van der Waals surface area contributed by atoms with Gasteiger partial charge in [-0.25, -0.2) is 4.98 Å². The molecule has 0 atom stereocenters. The van der Waals surface area contributed by atoms with E-state index in [1.165, 1.54) is 6.07 Å². The van der Waals surface area contributed by atoms with Crippen molar-refractivity contribution >= 4 is 22.4 Å². The number of hydrogen-bond donors (Lipinski definition) is 1. The molecule has 1 aromatic carbocycles. The number of rotatable bonds is 2. The lowest BCUT2D eigenvalue weighted by Gasteiger charge is -2.09. The van der Waals surface area contributed by atoms with E-state index < -0.39 is 11.7 Å². The van der Waals surface area contributed by atoms with Crippen molar-refractivity contribution in [1.82, 2.24) is 9.36 Å². The van der Waals surface area contributed by atoms with Gasteiger partial charge < -0.3 is 5.32 Å². The Balaban J connectivity index is 2.34. The first-order valence-corrected chi connectivity index (χ1v) is 5.86. The highest BCUT2D eigenvalue weighted by Gasteiger charge is 2.31. The van der Waals surface area contributed by atoms with Crippen LogP contribution in [-0.4, -0.2) is 9.36 Å². The highest BCUT2D eigenvalue weighted by atomic mass is 32.1. The standard InChI is InChI=1S/C11H7F3N4S/c1-6-16-10(19-18-6)17-9-3-2-8(11(12,13)14)4-7(9)5-15/h2-4H,1H3,(H,16,17,18). The second-order valence-corrected chi connectivity index (χ2v) is 4.39. The minimum Gasteiger partial charge on any atom is -0.329 e. The second kappa shape index (κ2) is 4.85. The molecule has 0 fully saturated rings. The van der Waals surface area contributed by atoms with Gasteiger partial charge in [0.1, 0.15) is 11.9 Å². The van der Waals surface area contributed by atoms with Crippen molar-refractivity contribution in [2.75, 3.05) is 5.32 Å². The van der Waals surface area contributed by atoms with Crippen LogP contribution in [0, 0.1) is 18.3 Å². The first-order valence-electron chi connectivity index (χ1n) is 5.09. The molecular weight excluding hydrogens is 277 g/mol. The van der Waals surface area contributed by atoms with Crippen LogP contribution in [0.5, 0.6) is 0 Å². The van der Waals surface area contributed by atoms with E-state index in [9.17, 15) is 13.2 Å². The summed E-state index contributed by atoms with van der Waals surface area (Å²) in [6, 6.07) is 4.65. The molecule has 1 aromatic heterocycles. The topological polar surface area (TPSA) is 61.6 Å². The fourth-order valence-corrected chi connectivity index (χ4v) is 1.97. The summed E-state index contributed by atoms with van der Waals surface area (Å²) < 4.78 is 41.5. The number of aromatic nitrogens is 2. The minimum atomic E-state index is -4.47. The molecule has 0 saturated carbocycles. The summed E-state index contributed by atoms with van der Waals surface area (Å²) in [6.07, 6.45) is -4.47. The Morgan fingerprint density at radius 1 is 1.37 bits per heavy atom. The minimum absolute atomic E-state index is 0.0947. The number of nitrogens with one attached hydrogen (secondary N) is 1. The maximum Gasteiger partial charge on any atom is 0.416 e. The van der Waals surface area contributed by atoms with Crippen molar-refractivity contribution in [3.8, 4) is 6.07 Å². The highest BCUT2D eigenvalue weighted by Crippen LogP contribution is 2.32. The van der Waals surface area contributed by atoms with Crippen LogP contribution in [0.4, 0.5) is 24.0 Å². The summed E-state index contributed by atoms with van der Waals surface area (Å²) >= 11 is 1.07. The van der Waals surface area contributed by atoms with Crippen LogP contribution >= 0.6 is 11.5 Å². The van der Waals surface area contributed by atoms with Gasteiger partial charge in [-0.15, -0.1) is 0 Å². The number of alkyl halides is 3. The molecule has 1 N–H and O–H groups in total. The first-order chi connectivity index (χ1) is 8.90. The zero-order chi connectivity index (χ0) is 14.0. The zero-order valence-electron chi connectivity index (χ0n) is 9.62. The molecule has 0 bridgehead atoms. The van der Waals surface area contributed by atoms with Crippen molar-refractivity contribution in [2.45, 2.75) is 13.1 Å². The molecule has 0 aliphatic carbocycles. The van der Waals surface area contributed by atoms with Gasteiger partial charge in [0.15, 0.2) is 0 Å². The quantitative estimate of drug-likeness (QED) is 0.917. The number of hydrogen-bond acceptors (Lipinski definition) is 5. The van der Waals surface area contributed by atoms with Crippen LogP contribution in [0.3, 0.4) is 0 Å². The monoisotopic (exact) mass is 284 g/mol. The molecule has 19 heavy (non-hydrogen) atoms. The Hall–Kier alpha value is -2.14. The van der Waals surface area contributed by atoms with Gasteiger partial charge in [-0.2, -0.15) is 22.8 Å². The van der Waals surface area contributed by atoms with Crippen molar-refractivity contribution in [1.29, 1.82) is 5.26 Å². The van der Waals surface area contributed by atoms with Gasteiger partial charge in [0.25, 0.3) is 0 Å². The zero-order valence-corrected chi connectivity index (χ0v) is 10.4. The van der Waals surface area contributed by atoms with E-state index in [4.69, 9.17) is 5.26 Å². The molecule has 0 amide bonds. The van der Waals surface area contributed by atoms with Gasteiger partial charge in [0.2, 0.25) is 5.13 Å². The molecule has 0 aliphatic heterocycles. The Labute approximate surface area is 110 Å². The largest absolute Gasteiger partial charge is 0.416 e. The van der Waals surface area contributed by atoms with E-state index in [0.717, 1.165) is 23.7 Å². The molecule has 98 valence electrons. The Bertz CT molecular complexity index is 642.